The van der Waals surface area contributed by atoms with Gasteiger partial charge in [0.25, 0.3) is 5.91 Å². The summed E-state index contributed by atoms with van der Waals surface area (Å²) in [5, 5.41) is 3.80. The Morgan fingerprint density at radius 3 is 3.05 bits per heavy atom. The lowest BCUT2D eigenvalue weighted by atomic mass is 10.3. The summed E-state index contributed by atoms with van der Waals surface area (Å²) < 4.78 is 0. The van der Waals surface area contributed by atoms with E-state index in [1.807, 2.05) is 0 Å². The third kappa shape index (κ3) is 2.61. The lowest BCUT2D eigenvalue weighted by Gasteiger charge is -2.24. The fraction of sp³-hybridized carbons (Fsp3) is 0.333. The molecule has 1 amide bonds. The second kappa shape index (κ2) is 5.41. The largest absolute Gasteiger partial charge is 0.296 e. The van der Waals surface area contributed by atoms with E-state index in [4.69, 9.17) is 4.84 Å². The Hall–Kier alpha value is -1.86. The molecule has 3 rings (SSSR count). The predicted octanol–water partition coefficient (Wildman–Crippen LogP) is 1.77. The van der Waals surface area contributed by atoms with Crippen molar-refractivity contribution in [2.75, 3.05) is 13.2 Å². The number of thiazole rings is 1. The molecule has 0 atom stereocenters. The summed E-state index contributed by atoms with van der Waals surface area (Å²) in [5.74, 6) is -0.189. The zero-order valence-corrected chi connectivity index (χ0v) is 11.0. The summed E-state index contributed by atoms with van der Waals surface area (Å²) in [7, 11) is 0. The standard InChI is InChI=1S/C12H12N4O2S/c17-12(16-5-1-2-6-18-16)10-8-19-11(15-10)9-7-13-3-4-14-9/h3-4,7-8H,1-2,5-6H2. The van der Waals surface area contributed by atoms with Crippen molar-refractivity contribution in [1.82, 2.24) is 20.0 Å². The number of amides is 1. The van der Waals surface area contributed by atoms with Crippen LogP contribution < -0.4 is 0 Å². The summed E-state index contributed by atoms with van der Waals surface area (Å²) in [6.07, 6.45) is 6.79. The molecule has 6 nitrogen and oxygen atoms in total. The Morgan fingerprint density at radius 2 is 2.32 bits per heavy atom. The number of nitrogens with zero attached hydrogens (tertiary/aromatic N) is 4. The van der Waals surface area contributed by atoms with Gasteiger partial charge in [-0.05, 0) is 12.8 Å². The molecule has 0 saturated carbocycles. The van der Waals surface area contributed by atoms with Gasteiger partial charge < -0.3 is 0 Å². The van der Waals surface area contributed by atoms with Crippen LogP contribution in [0, 0.1) is 0 Å². The minimum atomic E-state index is -0.189. The Bertz CT molecular complexity index is 566. The zero-order valence-electron chi connectivity index (χ0n) is 10.2. The van der Waals surface area contributed by atoms with Gasteiger partial charge in [0.2, 0.25) is 0 Å². The van der Waals surface area contributed by atoms with Crippen molar-refractivity contribution in [3.05, 3.63) is 29.7 Å². The van der Waals surface area contributed by atoms with Crippen LogP contribution in [-0.2, 0) is 4.84 Å². The molecule has 2 aromatic rings. The van der Waals surface area contributed by atoms with Crippen LogP contribution in [0.25, 0.3) is 10.7 Å². The average Bonchev–Trinajstić information content (AvgIpc) is 2.98. The summed E-state index contributed by atoms with van der Waals surface area (Å²) >= 11 is 1.38. The number of rotatable bonds is 2. The molecule has 0 aliphatic carbocycles. The van der Waals surface area contributed by atoms with Crippen molar-refractivity contribution in [3.63, 3.8) is 0 Å². The molecule has 0 radical (unpaired) electrons. The van der Waals surface area contributed by atoms with E-state index in [0.717, 1.165) is 12.8 Å². The summed E-state index contributed by atoms with van der Waals surface area (Å²) in [5.41, 5.74) is 1.07. The molecule has 1 fully saturated rings. The second-order valence-electron chi connectivity index (χ2n) is 4.08. The smallest absolute Gasteiger partial charge is 0.271 e. The van der Waals surface area contributed by atoms with Crippen LogP contribution >= 0.6 is 11.3 Å². The van der Waals surface area contributed by atoms with Crippen LogP contribution in [0.4, 0.5) is 0 Å². The van der Waals surface area contributed by atoms with Crippen LogP contribution in [0.3, 0.4) is 0 Å². The third-order valence-electron chi connectivity index (χ3n) is 2.73. The van der Waals surface area contributed by atoms with Crippen LogP contribution in [-0.4, -0.2) is 39.1 Å². The predicted molar refractivity (Wildman–Crippen MR) is 69.4 cm³/mol. The SMILES string of the molecule is O=C(c1csc(-c2cnccn2)n1)N1CCCCO1. The molecule has 0 N–H and O–H groups in total. The first kappa shape index (κ1) is 12.2. The molecule has 7 heteroatoms. The molecule has 0 aromatic carbocycles. The third-order valence-corrected chi connectivity index (χ3v) is 3.60. The van der Waals surface area contributed by atoms with E-state index in [0.29, 0.717) is 29.5 Å². The Morgan fingerprint density at radius 1 is 1.37 bits per heavy atom. The maximum Gasteiger partial charge on any atom is 0.296 e. The van der Waals surface area contributed by atoms with Crippen LogP contribution in [0.2, 0.25) is 0 Å². The highest BCUT2D eigenvalue weighted by Gasteiger charge is 2.22. The fourth-order valence-corrected chi connectivity index (χ4v) is 2.54. The first-order chi connectivity index (χ1) is 9.34. The van der Waals surface area contributed by atoms with Crippen LogP contribution in [0.15, 0.2) is 24.0 Å². The van der Waals surface area contributed by atoms with Crippen molar-refractivity contribution in [2.45, 2.75) is 12.8 Å². The number of aromatic nitrogens is 3. The van der Waals surface area contributed by atoms with Crippen LogP contribution in [0.1, 0.15) is 23.3 Å². The summed E-state index contributed by atoms with van der Waals surface area (Å²) in [6.45, 7) is 1.21. The molecule has 3 heterocycles. The van der Waals surface area contributed by atoms with Crippen molar-refractivity contribution in [3.8, 4) is 10.7 Å². The molecule has 98 valence electrons. The van der Waals surface area contributed by atoms with Gasteiger partial charge in [-0.3, -0.25) is 19.6 Å². The molecule has 0 spiro atoms. The number of hydroxylamine groups is 2. The summed E-state index contributed by atoms with van der Waals surface area (Å²) in [6, 6.07) is 0. The zero-order chi connectivity index (χ0) is 13.1. The van der Waals surface area contributed by atoms with Crippen molar-refractivity contribution in [2.24, 2.45) is 0 Å². The molecule has 2 aromatic heterocycles. The lowest BCUT2D eigenvalue weighted by molar-refractivity contribution is -0.144. The molecule has 1 aliphatic rings. The normalized spacial score (nSPS) is 15.5. The van der Waals surface area contributed by atoms with Gasteiger partial charge in [-0.1, -0.05) is 0 Å². The van der Waals surface area contributed by atoms with Crippen molar-refractivity contribution < 1.29 is 9.63 Å². The molecular formula is C12H12N4O2S. The maximum atomic E-state index is 12.2. The monoisotopic (exact) mass is 276 g/mol. The first-order valence-electron chi connectivity index (χ1n) is 6.01. The van der Waals surface area contributed by atoms with E-state index in [9.17, 15) is 4.79 Å². The number of carbonyl (C=O) groups is 1. The Kier molecular flexibility index (Phi) is 3.47. The highest BCUT2D eigenvalue weighted by atomic mass is 32.1. The van der Waals surface area contributed by atoms with E-state index in [-0.39, 0.29) is 5.91 Å². The van der Waals surface area contributed by atoms with Gasteiger partial charge in [0, 0.05) is 24.3 Å². The summed E-state index contributed by atoms with van der Waals surface area (Å²) in [4.78, 5) is 29.9. The average molecular weight is 276 g/mol. The number of carbonyl (C=O) groups excluding carboxylic acids is 1. The highest BCUT2D eigenvalue weighted by Crippen LogP contribution is 2.22. The van der Waals surface area contributed by atoms with E-state index in [1.165, 1.54) is 16.4 Å². The fourth-order valence-electron chi connectivity index (χ4n) is 1.78. The van der Waals surface area contributed by atoms with Gasteiger partial charge in [0.1, 0.15) is 16.4 Å². The van der Waals surface area contributed by atoms with Crippen molar-refractivity contribution >= 4 is 17.2 Å². The van der Waals surface area contributed by atoms with Gasteiger partial charge in [-0.25, -0.2) is 10.0 Å². The molecule has 1 saturated heterocycles. The lowest BCUT2D eigenvalue weighted by Crippen LogP contribution is -2.35. The van der Waals surface area contributed by atoms with Gasteiger partial charge in [0.15, 0.2) is 0 Å². The highest BCUT2D eigenvalue weighted by molar-refractivity contribution is 7.13. The number of hydrogen-bond acceptors (Lipinski definition) is 6. The first-order valence-corrected chi connectivity index (χ1v) is 6.89. The number of hydrogen-bond donors (Lipinski definition) is 0. The molecular weight excluding hydrogens is 264 g/mol. The molecule has 0 bridgehead atoms. The van der Waals surface area contributed by atoms with E-state index in [2.05, 4.69) is 15.0 Å². The van der Waals surface area contributed by atoms with Gasteiger partial charge in [-0.15, -0.1) is 11.3 Å². The topological polar surface area (TPSA) is 68.2 Å². The molecule has 1 aliphatic heterocycles. The molecule has 19 heavy (non-hydrogen) atoms. The van der Waals surface area contributed by atoms with Gasteiger partial charge >= 0.3 is 0 Å². The molecule has 0 unspecified atom stereocenters. The van der Waals surface area contributed by atoms with E-state index < -0.39 is 0 Å². The Labute approximate surface area is 114 Å². The quantitative estimate of drug-likeness (QED) is 0.836. The maximum absolute atomic E-state index is 12.2. The van der Waals surface area contributed by atoms with Gasteiger partial charge in [-0.2, -0.15) is 0 Å². The minimum Gasteiger partial charge on any atom is -0.271 e. The second-order valence-corrected chi connectivity index (χ2v) is 4.93. The van der Waals surface area contributed by atoms with E-state index in [1.54, 1.807) is 24.0 Å². The Balaban J connectivity index is 1.79. The van der Waals surface area contributed by atoms with Crippen molar-refractivity contribution in [1.29, 1.82) is 0 Å². The minimum absolute atomic E-state index is 0.189. The van der Waals surface area contributed by atoms with E-state index >= 15 is 0 Å². The van der Waals surface area contributed by atoms with Crippen LogP contribution in [0.5, 0.6) is 0 Å². The van der Waals surface area contributed by atoms with Gasteiger partial charge in [0.05, 0.1) is 12.8 Å².